The number of amides is 9. The number of hydrogen-bond acceptors (Lipinski definition) is 11. The maximum Gasteiger partial charge on any atom is 0.246 e. The van der Waals surface area contributed by atoms with Gasteiger partial charge >= 0.3 is 0 Å². The molecule has 0 aromatic heterocycles. The molecule has 20 nitrogen and oxygen atoms in total. The van der Waals surface area contributed by atoms with Gasteiger partial charge in [0.2, 0.25) is 53.2 Å². The van der Waals surface area contributed by atoms with Crippen molar-refractivity contribution >= 4 is 63.0 Å². The number of hydrogen-bond donors (Lipinski definition) is 7. The quantitative estimate of drug-likeness (QED) is 0.144. The molecule has 11 unspecified atom stereocenters. The van der Waals surface area contributed by atoms with Crippen LogP contribution < -0.4 is 37.2 Å². The van der Waals surface area contributed by atoms with Gasteiger partial charge in [0.05, 0.1) is 5.75 Å². The summed E-state index contributed by atoms with van der Waals surface area (Å²) >= 11 is 0. The molecule has 77 heavy (non-hydrogen) atoms. The zero-order chi connectivity index (χ0) is 56.7. The van der Waals surface area contributed by atoms with Gasteiger partial charge in [-0.3, -0.25) is 43.2 Å². The maximum absolute atomic E-state index is 14.8. The van der Waals surface area contributed by atoms with Crippen molar-refractivity contribution in [3.63, 3.8) is 0 Å². The van der Waals surface area contributed by atoms with Gasteiger partial charge < -0.3 is 47.0 Å². The summed E-state index contributed by atoms with van der Waals surface area (Å²) < 4.78 is 25.1. The SMILES string of the molecule is CCC(C)C1NC(=O)C(C(C)C)NC(=O)C(Cc2ccccc2)NC(=O)C(Cc2ccccc2)NC(=O)C2CCCN2C(=O)C2CCCN2C(=O)C(C(C)CC)NC(=O)C(CC(C)C)NC(=O)C(CCS(C)(=O)=O)NC1=O. The van der Waals surface area contributed by atoms with E-state index in [4.69, 9.17) is 0 Å². The second kappa shape index (κ2) is 28.3. The molecule has 0 radical (unpaired) electrons. The molecule has 2 aromatic carbocycles. The fraction of sp³-hybridized carbons (Fsp3) is 0.625. The first-order valence-corrected chi connectivity index (χ1v) is 29.5. The first-order chi connectivity index (χ1) is 36.4. The minimum atomic E-state index is -3.70. The molecular weight excluding hydrogens is 1010 g/mol. The van der Waals surface area contributed by atoms with Crippen molar-refractivity contribution in [1.29, 1.82) is 0 Å². The number of fused-ring (bicyclic) bond motifs is 2. The van der Waals surface area contributed by atoms with Crippen molar-refractivity contribution < 1.29 is 51.6 Å². The van der Waals surface area contributed by atoms with E-state index in [1.165, 1.54) is 9.80 Å². The third-order valence-corrected chi connectivity index (χ3v) is 16.0. The van der Waals surface area contributed by atoms with Crippen LogP contribution in [0.3, 0.4) is 0 Å². The lowest BCUT2D eigenvalue weighted by Crippen LogP contribution is -2.62. The van der Waals surface area contributed by atoms with Crippen LogP contribution in [0, 0.1) is 23.7 Å². The van der Waals surface area contributed by atoms with Gasteiger partial charge in [0, 0.05) is 32.2 Å². The lowest BCUT2D eigenvalue weighted by Gasteiger charge is -2.35. The molecule has 7 N–H and O–H groups in total. The van der Waals surface area contributed by atoms with E-state index in [2.05, 4.69) is 37.2 Å². The van der Waals surface area contributed by atoms with Crippen LogP contribution in [-0.2, 0) is 65.8 Å². The lowest BCUT2D eigenvalue weighted by molar-refractivity contribution is -0.149. The zero-order valence-electron chi connectivity index (χ0n) is 46.3. The summed E-state index contributed by atoms with van der Waals surface area (Å²) in [5.74, 6) is -8.45. The summed E-state index contributed by atoms with van der Waals surface area (Å²) in [4.78, 5) is 134. The molecule has 3 aliphatic rings. The summed E-state index contributed by atoms with van der Waals surface area (Å²) in [5.41, 5.74) is 1.37. The van der Waals surface area contributed by atoms with Crippen molar-refractivity contribution in [2.45, 2.75) is 174 Å². The number of rotatable bonds is 14. The first kappa shape index (κ1) is 61.5. The molecule has 3 saturated heterocycles. The van der Waals surface area contributed by atoms with Crippen LogP contribution in [0.1, 0.15) is 118 Å². The Morgan fingerprint density at radius 2 is 0.909 bits per heavy atom. The Bertz CT molecular complexity index is 2510. The van der Waals surface area contributed by atoms with Crippen molar-refractivity contribution in [3.05, 3.63) is 71.8 Å². The fourth-order valence-electron chi connectivity index (χ4n) is 10.1. The Morgan fingerprint density at radius 3 is 1.43 bits per heavy atom. The molecule has 424 valence electrons. The Balaban J connectivity index is 1.61. The van der Waals surface area contributed by atoms with Crippen LogP contribution in [-0.4, -0.2) is 151 Å². The van der Waals surface area contributed by atoms with E-state index in [0.717, 1.165) is 6.26 Å². The second-order valence-corrected chi connectivity index (χ2v) is 24.3. The highest BCUT2D eigenvalue weighted by molar-refractivity contribution is 7.90. The molecule has 21 heteroatoms. The number of carbonyl (C=O) groups is 9. The van der Waals surface area contributed by atoms with E-state index in [9.17, 15) is 51.6 Å². The minimum absolute atomic E-state index is 0.0106. The second-order valence-electron chi connectivity index (χ2n) is 22.0. The van der Waals surface area contributed by atoms with Crippen molar-refractivity contribution in [2.75, 3.05) is 25.1 Å². The van der Waals surface area contributed by atoms with E-state index >= 15 is 0 Å². The van der Waals surface area contributed by atoms with Crippen LogP contribution in [0.15, 0.2) is 60.7 Å². The Kier molecular flexibility index (Phi) is 22.6. The average Bonchev–Trinajstić information content (AvgIpc) is 4.10. The van der Waals surface area contributed by atoms with Gasteiger partial charge in [0.15, 0.2) is 0 Å². The molecule has 3 fully saturated rings. The molecule has 11 atom stereocenters. The van der Waals surface area contributed by atoms with E-state index in [-0.39, 0.29) is 44.7 Å². The fourth-order valence-corrected chi connectivity index (χ4v) is 10.8. The lowest BCUT2D eigenvalue weighted by atomic mass is 9.95. The number of benzene rings is 2. The summed E-state index contributed by atoms with van der Waals surface area (Å²) in [6.45, 7) is 14.6. The van der Waals surface area contributed by atoms with Crippen molar-refractivity contribution in [2.24, 2.45) is 23.7 Å². The van der Waals surface area contributed by atoms with Gasteiger partial charge in [-0.15, -0.1) is 0 Å². The monoisotopic (exact) mass is 1090 g/mol. The largest absolute Gasteiger partial charge is 0.343 e. The Hall–Kier alpha value is -6.38. The van der Waals surface area contributed by atoms with Crippen LogP contribution >= 0.6 is 0 Å². The molecule has 0 bridgehead atoms. The Labute approximate surface area is 454 Å². The van der Waals surface area contributed by atoms with Gasteiger partial charge in [0.25, 0.3) is 0 Å². The van der Waals surface area contributed by atoms with Crippen molar-refractivity contribution in [1.82, 2.24) is 47.0 Å². The zero-order valence-corrected chi connectivity index (χ0v) is 47.1. The molecule has 3 aliphatic heterocycles. The average molecular weight is 1090 g/mol. The smallest absolute Gasteiger partial charge is 0.246 e. The highest BCUT2D eigenvalue weighted by Crippen LogP contribution is 2.27. The standard InChI is InChI=1S/C56H83N9O11S/c1-10-35(7)46-54(72)57-39(26-29-77(9,75)76)48(66)58-40(30-33(3)4)50(68)63-47(36(8)11-2)56(74)65-28-19-25-44(65)55(73)64-27-18-24-43(64)52(70)60-41(31-37-20-14-12-15-21-37)49(67)59-42(32-38-22-16-13-17-23-38)51(69)61-45(34(5)6)53(71)62-46/h12-17,20-23,33-36,39-47H,10-11,18-19,24-32H2,1-9H3,(H,57,72)(H,58,66)(H,59,67)(H,60,70)(H,61,69)(H,62,71)(H,63,68). The topological polar surface area (TPSA) is 278 Å². The minimum Gasteiger partial charge on any atom is -0.343 e. The predicted octanol–water partition coefficient (Wildman–Crippen LogP) is 2.09. The number of nitrogens with one attached hydrogen (secondary N) is 7. The predicted molar refractivity (Wildman–Crippen MR) is 291 cm³/mol. The van der Waals surface area contributed by atoms with Gasteiger partial charge in [-0.25, -0.2) is 8.42 Å². The molecule has 3 heterocycles. The summed E-state index contributed by atoms with van der Waals surface area (Å²) in [5, 5.41) is 19.6. The third kappa shape index (κ3) is 17.3. The Morgan fingerprint density at radius 1 is 0.494 bits per heavy atom. The van der Waals surface area contributed by atoms with Crippen LogP contribution in [0.25, 0.3) is 0 Å². The molecule has 9 amide bonds. The molecule has 0 aliphatic carbocycles. The van der Waals surface area contributed by atoms with Gasteiger partial charge in [-0.1, -0.05) is 129 Å². The van der Waals surface area contributed by atoms with Crippen LogP contribution in [0.5, 0.6) is 0 Å². The normalized spacial score (nSPS) is 27.1. The molecule has 2 aromatic rings. The van der Waals surface area contributed by atoms with Gasteiger partial charge in [-0.05, 0) is 73.3 Å². The van der Waals surface area contributed by atoms with E-state index < -0.39 is 147 Å². The maximum atomic E-state index is 14.8. The number of sulfone groups is 1. The summed E-state index contributed by atoms with van der Waals surface area (Å²) in [7, 11) is -3.70. The molecular formula is C56H83N9O11S. The van der Waals surface area contributed by atoms with E-state index in [0.29, 0.717) is 43.2 Å². The third-order valence-electron chi connectivity index (χ3n) is 15.1. The number of carbonyl (C=O) groups excluding carboxylic acids is 9. The molecule has 0 saturated carbocycles. The number of nitrogens with zero attached hydrogens (tertiary/aromatic N) is 2. The van der Waals surface area contributed by atoms with Crippen LogP contribution in [0.2, 0.25) is 0 Å². The molecule has 0 spiro atoms. The van der Waals surface area contributed by atoms with Crippen molar-refractivity contribution in [3.8, 4) is 0 Å². The van der Waals surface area contributed by atoms with Crippen LogP contribution in [0.4, 0.5) is 0 Å². The first-order valence-electron chi connectivity index (χ1n) is 27.4. The van der Waals surface area contributed by atoms with Gasteiger partial charge in [0.1, 0.15) is 64.2 Å². The van der Waals surface area contributed by atoms with E-state index in [1.807, 2.05) is 26.8 Å². The molecule has 5 rings (SSSR count). The van der Waals surface area contributed by atoms with Gasteiger partial charge in [-0.2, -0.15) is 0 Å². The summed E-state index contributed by atoms with van der Waals surface area (Å²) in [6, 6.07) is 6.87. The van der Waals surface area contributed by atoms with E-state index in [1.54, 1.807) is 89.2 Å². The highest BCUT2D eigenvalue weighted by atomic mass is 32.2. The highest BCUT2D eigenvalue weighted by Gasteiger charge is 2.46. The summed E-state index contributed by atoms with van der Waals surface area (Å²) in [6.07, 6.45) is 2.98.